The Morgan fingerprint density at radius 1 is 1.38 bits per heavy atom. The van der Waals surface area contributed by atoms with Crippen LogP contribution < -0.4 is 5.32 Å². The molecule has 0 radical (unpaired) electrons. The van der Waals surface area contributed by atoms with Gasteiger partial charge in [0.05, 0.1) is 14.4 Å². The topological polar surface area (TPSA) is 63.2 Å². The van der Waals surface area contributed by atoms with Crippen molar-refractivity contribution < 1.29 is 13.2 Å². The maximum absolute atomic E-state index is 12.3. The smallest absolute Gasteiger partial charge is 0.262 e. The lowest BCUT2D eigenvalue weighted by Gasteiger charge is -2.26. The van der Waals surface area contributed by atoms with E-state index < -0.39 is 20.5 Å². The summed E-state index contributed by atoms with van der Waals surface area (Å²) in [6.07, 6.45) is 1.71. The molecule has 0 heterocycles. The summed E-state index contributed by atoms with van der Waals surface area (Å²) in [5, 5.41) is 2.95. The van der Waals surface area contributed by atoms with Gasteiger partial charge in [-0.25, -0.2) is 8.42 Å². The minimum atomic E-state index is -4.01. The van der Waals surface area contributed by atoms with E-state index in [0.29, 0.717) is 0 Å². The van der Waals surface area contributed by atoms with Crippen molar-refractivity contribution in [3.63, 3.8) is 0 Å². The lowest BCUT2D eigenvalue weighted by molar-refractivity contribution is 0.0909. The Labute approximate surface area is 142 Å². The average Bonchev–Trinajstić information content (AvgIpc) is 2.29. The molecule has 118 valence electrons. The summed E-state index contributed by atoms with van der Waals surface area (Å²) in [4.78, 5) is 12.0. The van der Waals surface area contributed by atoms with E-state index in [0.717, 1.165) is 12.8 Å². The van der Waals surface area contributed by atoms with Gasteiger partial charge in [-0.2, -0.15) is 0 Å². The van der Waals surface area contributed by atoms with Gasteiger partial charge in [0.15, 0.2) is 0 Å². The van der Waals surface area contributed by atoms with E-state index >= 15 is 0 Å². The normalized spacial score (nSPS) is 12.3. The van der Waals surface area contributed by atoms with Crippen LogP contribution in [0.25, 0.3) is 0 Å². The first-order chi connectivity index (χ1) is 9.48. The van der Waals surface area contributed by atoms with E-state index in [2.05, 4.69) is 21.2 Å². The summed E-state index contributed by atoms with van der Waals surface area (Å²) in [7, 11) is 1.34. The molecule has 0 aliphatic rings. The maximum Gasteiger partial charge on any atom is 0.262 e. The lowest BCUT2D eigenvalue weighted by Crippen LogP contribution is -2.43. The standard InChI is InChI=1S/C13H16BrCl2NO3S/c1-4-5-13(2,3)17-12(18)8-6-9(15)11(14)10(7-8)21(16,19)20/h6-7H,4-5H2,1-3H3,(H,17,18). The van der Waals surface area contributed by atoms with Gasteiger partial charge in [0.2, 0.25) is 0 Å². The first-order valence-corrected chi connectivity index (χ1v) is 9.72. The van der Waals surface area contributed by atoms with Crippen molar-refractivity contribution in [3.05, 3.63) is 27.2 Å². The molecule has 0 spiro atoms. The molecule has 0 aliphatic heterocycles. The molecule has 1 aromatic carbocycles. The molecule has 0 saturated carbocycles. The quantitative estimate of drug-likeness (QED) is 0.726. The minimum absolute atomic E-state index is 0.107. The molecular weight excluding hydrogens is 401 g/mol. The number of hydrogen-bond acceptors (Lipinski definition) is 3. The summed E-state index contributed by atoms with van der Waals surface area (Å²) in [6, 6.07) is 2.60. The summed E-state index contributed by atoms with van der Waals surface area (Å²) >= 11 is 9.01. The van der Waals surface area contributed by atoms with Gasteiger partial charge in [-0.3, -0.25) is 4.79 Å². The summed E-state index contributed by atoms with van der Waals surface area (Å²) < 4.78 is 23.2. The minimum Gasteiger partial charge on any atom is -0.347 e. The third kappa shape index (κ3) is 5.13. The monoisotopic (exact) mass is 415 g/mol. The molecule has 0 bridgehead atoms. The first kappa shape index (κ1) is 18.7. The third-order valence-corrected chi connectivity index (χ3v) is 5.84. The molecule has 21 heavy (non-hydrogen) atoms. The number of benzene rings is 1. The summed E-state index contributed by atoms with van der Waals surface area (Å²) in [6.45, 7) is 5.81. The van der Waals surface area contributed by atoms with Crippen molar-refractivity contribution in [3.8, 4) is 0 Å². The molecule has 0 aliphatic carbocycles. The molecule has 0 fully saturated rings. The number of nitrogens with one attached hydrogen (secondary N) is 1. The molecule has 0 atom stereocenters. The molecule has 1 N–H and O–H groups in total. The fourth-order valence-corrected chi connectivity index (χ4v) is 4.32. The van der Waals surface area contributed by atoms with Gasteiger partial charge in [-0.05, 0) is 48.3 Å². The Morgan fingerprint density at radius 2 is 1.95 bits per heavy atom. The largest absolute Gasteiger partial charge is 0.347 e. The van der Waals surface area contributed by atoms with Gasteiger partial charge < -0.3 is 5.32 Å². The zero-order valence-corrected chi connectivity index (χ0v) is 15.8. The highest BCUT2D eigenvalue weighted by molar-refractivity contribution is 9.10. The number of carbonyl (C=O) groups excluding carboxylic acids is 1. The SMILES string of the molecule is CCCC(C)(C)NC(=O)c1cc(Cl)c(Br)c(S(=O)(=O)Cl)c1. The third-order valence-electron chi connectivity index (χ3n) is 2.85. The Kier molecular flexibility index (Phi) is 6.12. The number of hydrogen-bond donors (Lipinski definition) is 1. The van der Waals surface area contributed by atoms with E-state index in [1.807, 2.05) is 20.8 Å². The van der Waals surface area contributed by atoms with Crippen LogP contribution in [0.4, 0.5) is 0 Å². The summed E-state index contributed by atoms with van der Waals surface area (Å²) in [5.41, 5.74) is -0.252. The molecule has 0 aromatic heterocycles. The number of amides is 1. The molecule has 1 amide bonds. The fraction of sp³-hybridized carbons (Fsp3) is 0.462. The Bertz CT molecular complexity index is 660. The van der Waals surface area contributed by atoms with Gasteiger partial charge >= 0.3 is 0 Å². The van der Waals surface area contributed by atoms with Gasteiger partial charge in [0.25, 0.3) is 15.0 Å². The van der Waals surface area contributed by atoms with E-state index in [1.165, 1.54) is 12.1 Å². The van der Waals surface area contributed by atoms with Crippen molar-refractivity contribution in [2.45, 2.75) is 44.0 Å². The number of halogens is 3. The Morgan fingerprint density at radius 3 is 2.43 bits per heavy atom. The van der Waals surface area contributed by atoms with Gasteiger partial charge in [0.1, 0.15) is 0 Å². The predicted molar refractivity (Wildman–Crippen MR) is 88.6 cm³/mol. The van der Waals surface area contributed by atoms with Crippen LogP contribution in [0.1, 0.15) is 44.0 Å². The van der Waals surface area contributed by atoms with Crippen molar-refractivity contribution in [1.29, 1.82) is 0 Å². The highest BCUT2D eigenvalue weighted by Crippen LogP contribution is 2.33. The zero-order valence-electron chi connectivity index (χ0n) is 11.8. The van der Waals surface area contributed by atoms with Gasteiger partial charge in [0, 0.05) is 21.8 Å². The molecule has 8 heteroatoms. The molecule has 4 nitrogen and oxygen atoms in total. The predicted octanol–water partition coefficient (Wildman–Crippen LogP) is 4.34. The zero-order chi connectivity index (χ0) is 16.4. The second-order valence-corrected chi connectivity index (χ2v) is 9.03. The lowest BCUT2D eigenvalue weighted by atomic mass is 9.98. The maximum atomic E-state index is 12.3. The van der Waals surface area contributed by atoms with Crippen LogP contribution in [0.2, 0.25) is 5.02 Å². The molecule has 1 rings (SSSR count). The van der Waals surface area contributed by atoms with Gasteiger partial charge in [-0.15, -0.1) is 0 Å². The van der Waals surface area contributed by atoms with Crippen LogP contribution in [-0.2, 0) is 9.05 Å². The van der Waals surface area contributed by atoms with Crippen LogP contribution >= 0.6 is 38.2 Å². The van der Waals surface area contributed by atoms with Gasteiger partial charge in [-0.1, -0.05) is 24.9 Å². The van der Waals surface area contributed by atoms with Crippen LogP contribution in [0.5, 0.6) is 0 Å². The average molecular weight is 417 g/mol. The highest BCUT2D eigenvalue weighted by atomic mass is 79.9. The van der Waals surface area contributed by atoms with Crippen LogP contribution in [0.15, 0.2) is 21.5 Å². The molecule has 1 aromatic rings. The van der Waals surface area contributed by atoms with Crippen LogP contribution in [0.3, 0.4) is 0 Å². The Balaban J connectivity index is 3.21. The molecular formula is C13H16BrCl2NO3S. The van der Waals surface area contributed by atoms with Crippen molar-refractivity contribution in [2.75, 3.05) is 0 Å². The fourth-order valence-electron chi connectivity index (χ4n) is 1.94. The van der Waals surface area contributed by atoms with Crippen molar-refractivity contribution in [1.82, 2.24) is 5.32 Å². The second kappa shape index (κ2) is 6.86. The number of rotatable bonds is 5. The van der Waals surface area contributed by atoms with E-state index in [-0.39, 0.29) is 20.0 Å². The highest BCUT2D eigenvalue weighted by Gasteiger charge is 2.24. The Hall–Kier alpha value is -0.300. The van der Waals surface area contributed by atoms with Crippen LogP contribution in [0, 0.1) is 0 Å². The summed E-state index contributed by atoms with van der Waals surface area (Å²) in [5.74, 6) is -0.399. The first-order valence-electron chi connectivity index (χ1n) is 6.24. The molecule has 0 unspecified atom stereocenters. The van der Waals surface area contributed by atoms with E-state index in [9.17, 15) is 13.2 Å². The van der Waals surface area contributed by atoms with Crippen LogP contribution in [-0.4, -0.2) is 19.9 Å². The van der Waals surface area contributed by atoms with E-state index in [4.69, 9.17) is 22.3 Å². The van der Waals surface area contributed by atoms with Crippen molar-refractivity contribution in [2.24, 2.45) is 0 Å². The van der Waals surface area contributed by atoms with E-state index in [1.54, 1.807) is 0 Å². The number of carbonyl (C=O) groups is 1. The second-order valence-electron chi connectivity index (χ2n) is 5.30. The molecule has 0 saturated heterocycles. The van der Waals surface area contributed by atoms with Crippen molar-refractivity contribution >= 4 is 53.2 Å².